The van der Waals surface area contributed by atoms with Crippen LogP contribution in [0.3, 0.4) is 0 Å². The second-order valence-corrected chi connectivity index (χ2v) is 3.59. The molecule has 0 aromatic carbocycles. The van der Waals surface area contributed by atoms with Gasteiger partial charge in [-0.15, -0.1) is 0 Å². The van der Waals surface area contributed by atoms with Crippen molar-refractivity contribution >= 4 is 5.95 Å². The molecule has 2 N–H and O–H groups in total. The number of hydrogen-bond acceptors (Lipinski definition) is 3. The number of aryl methyl sites for hydroxylation is 1. The van der Waals surface area contributed by atoms with Crippen molar-refractivity contribution in [1.82, 2.24) is 9.55 Å². The molecular weight excluding hydrogens is 176 g/mol. The van der Waals surface area contributed by atoms with Crippen LogP contribution in [0.4, 0.5) is 5.95 Å². The largest absolute Gasteiger partial charge is 0.339 e. The summed E-state index contributed by atoms with van der Waals surface area (Å²) in [5.41, 5.74) is 5.59. The third-order valence-electron chi connectivity index (χ3n) is 2.28. The molecule has 14 heavy (non-hydrogen) atoms. The molecule has 80 valence electrons. The summed E-state index contributed by atoms with van der Waals surface area (Å²) in [6, 6.07) is 0.436. The Morgan fingerprint density at radius 2 is 2.29 bits per heavy atom. The second kappa shape index (κ2) is 5.00. The molecule has 0 amide bonds. The Morgan fingerprint density at radius 3 is 2.79 bits per heavy atom. The number of anilines is 1. The molecule has 0 fully saturated rings. The summed E-state index contributed by atoms with van der Waals surface area (Å²) in [6.07, 6.45) is 3.84. The van der Waals surface area contributed by atoms with Crippen molar-refractivity contribution in [2.24, 2.45) is 5.73 Å². The monoisotopic (exact) mass is 196 g/mol. The van der Waals surface area contributed by atoms with Crippen molar-refractivity contribution in [2.75, 3.05) is 18.0 Å². The van der Waals surface area contributed by atoms with Gasteiger partial charge >= 0.3 is 0 Å². The summed E-state index contributed by atoms with van der Waals surface area (Å²) in [5.74, 6) is 1.02. The normalized spacial score (nSPS) is 10.9. The Labute approximate surface area is 85.7 Å². The molecule has 0 aliphatic heterocycles. The zero-order chi connectivity index (χ0) is 10.6. The lowest BCUT2D eigenvalue weighted by atomic mass is 10.3. The van der Waals surface area contributed by atoms with E-state index in [1.807, 2.05) is 12.4 Å². The predicted molar refractivity (Wildman–Crippen MR) is 59.4 cm³/mol. The molecule has 1 rings (SSSR count). The maximum Gasteiger partial charge on any atom is 0.205 e. The molecule has 4 nitrogen and oxygen atoms in total. The molecule has 1 aromatic heterocycles. The van der Waals surface area contributed by atoms with Crippen LogP contribution in [0, 0.1) is 0 Å². The number of hydrogen-bond donors (Lipinski definition) is 1. The summed E-state index contributed by atoms with van der Waals surface area (Å²) >= 11 is 0. The van der Waals surface area contributed by atoms with Crippen molar-refractivity contribution in [2.45, 2.75) is 33.4 Å². The maximum atomic E-state index is 5.59. The highest BCUT2D eigenvalue weighted by Gasteiger charge is 2.13. The molecule has 0 aliphatic rings. The minimum atomic E-state index is 0.436. The molecule has 0 saturated carbocycles. The van der Waals surface area contributed by atoms with Crippen molar-refractivity contribution in [3.05, 3.63) is 12.4 Å². The number of imidazole rings is 1. The molecule has 4 heteroatoms. The second-order valence-electron chi connectivity index (χ2n) is 3.59. The van der Waals surface area contributed by atoms with Crippen molar-refractivity contribution in [3.63, 3.8) is 0 Å². The topological polar surface area (TPSA) is 47.1 Å². The van der Waals surface area contributed by atoms with Gasteiger partial charge in [0.25, 0.3) is 0 Å². The van der Waals surface area contributed by atoms with Crippen LogP contribution in [0.25, 0.3) is 0 Å². The zero-order valence-electron chi connectivity index (χ0n) is 9.27. The standard InChI is InChI=1S/C10H20N4/c1-4-13-8-6-12-10(13)14(7-5-11)9(2)3/h6,8-9H,4-5,7,11H2,1-3H3. The fourth-order valence-corrected chi connectivity index (χ4v) is 1.54. The van der Waals surface area contributed by atoms with Crippen LogP contribution in [0.1, 0.15) is 20.8 Å². The highest BCUT2D eigenvalue weighted by Crippen LogP contribution is 2.13. The quantitative estimate of drug-likeness (QED) is 0.766. The lowest BCUT2D eigenvalue weighted by Gasteiger charge is -2.27. The van der Waals surface area contributed by atoms with E-state index in [1.165, 1.54) is 0 Å². The Balaban J connectivity index is 2.86. The van der Waals surface area contributed by atoms with Gasteiger partial charge in [-0.25, -0.2) is 4.98 Å². The van der Waals surface area contributed by atoms with E-state index in [2.05, 4.69) is 35.2 Å². The minimum absolute atomic E-state index is 0.436. The minimum Gasteiger partial charge on any atom is -0.339 e. The van der Waals surface area contributed by atoms with E-state index in [0.717, 1.165) is 19.0 Å². The van der Waals surface area contributed by atoms with Gasteiger partial charge in [0.15, 0.2) is 0 Å². The Morgan fingerprint density at radius 1 is 1.57 bits per heavy atom. The van der Waals surface area contributed by atoms with Crippen LogP contribution in [0.15, 0.2) is 12.4 Å². The van der Waals surface area contributed by atoms with Gasteiger partial charge in [0.05, 0.1) is 0 Å². The fourth-order valence-electron chi connectivity index (χ4n) is 1.54. The van der Waals surface area contributed by atoms with Gasteiger partial charge in [-0.3, -0.25) is 0 Å². The zero-order valence-corrected chi connectivity index (χ0v) is 9.27. The van der Waals surface area contributed by atoms with Crippen molar-refractivity contribution < 1.29 is 0 Å². The van der Waals surface area contributed by atoms with E-state index in [-0.39, 0.29) is 0 Å². The number of nitrogens with zero attached hydrogens (tertiary/aromatic N) is 3. The predicted octanol–water partition coefficient (Wildman–Crippen LogP) is 1.08. The molecule has 0 bridgehead atoms. The Bertz CT molecular complexity index is 267. The van der Waals surface area contributed by atoms with Gasteiger partial charge in [0.1, 0.15) is 0 Å². The molecule has 0 spiro atoms. The molecule has 1 aromatic rings. The van der Waals surface area contributed by atoms with Crippen LogP contribution >= 0.6 is 0 Å². The summed E-state index contributed by atoms with van der Waals surface area (Å²) in [5, 5.41) is 0. The van der Waals surface area contributed by atoms with E-state index in [1.54, 1.807) is 0 Å². The third kappa shape index (κ3) is 2.26. The average molecular weight is 196 g/mol. The number of rotatable bonds is 5. The highest BCUT2D eigenvalue weighted by atomic mass is 15.3. The van der Waals surface area contributed by atoms with Crippen molar-refractivity contribution in [1.29, 1.82) is 0 Å². The molecule has 0 aliphatic carbocycles. The Hall–Kier alpha value is -1.03. The SMILES string of the molecule is CCn1ccnc1N(CCN)C(C)C. The van der Waals surface area contributed by atoms with Crippen LogP contribution in [0.5, 0.6) is 0 Å². The lowest BCUT2D eigenvalue weighted by Crippen LogP contribution is -2.37. The van der Waals surface area contributed by atoms with Gasteiger partial charge in [0.2, 0.25) is 5.95 Å². The van der Waals surface area contributed by atoms with E-state index in [0.29, 0.717) is 12.6 Å². The van der Waals surface area contributed by atoms with Crippen LogP contribution < -0.4 is 10.6 Å². The number of aromatic nitrogens is 2. The van der Waals surface area contributed by atoms with E-state index < -0.39 is 0 Å². The van der Waals surface area contributed by atoms with Gasteiger partial charge in [-0.2, -0.15) is 0 Å². The van der Waals surface area contributed by atoms with Gasteiger partial charge in [0, 0.05) is 38.1 Å². The van der Waals surface area contributed by atoms with E-state index in [9.17, 15) is 0 Å². The average Bonchev–Trinajstić information content (AvgIpc) is 2.61. The van der Waals surface area contributed by atoms with Gasteiger partial charge < -0.3 is 15.2 Å². The summed E-state index contributed by atoms with van der Waals surface area (Å²) < 4.78 is 2.13. The van der Waals surface area contributed by atoms with Crippen LogP contribution in [-0.4, -0.2) is 28.7 Å². The summed E-state index contributed by atoms with van der Waals surface area (Å²) in [4.78, 5) is 6.59. The first-order chi connectivity index (χ1) is 6.70. The summed E-state index contributed by atoms with van der Waals surface area (Å²) in [7, 11) is 0. The van der Waals surface area contributed by atoms with Crippen molar-refractivity contribution in [3.8, 4) is 0 Å². The van der Waals surface area contributed by atoms with Crippen LogP contribution in [-0.2, 0) is 6.54 Å². The molecule has 0 saturated heterocycles. The van der Waals surface area contributed by atoms with E-state index >= 15 is 0 Å². The smallest absolute Gasteiger partial charge is 0.205 e. The first kappa shape index (κ1) is 11.0. The maximum absolute atomic E-state index is 5.59. The third-order valence-corrected chi connectivity index (χ3v) is 2.28. The molecule has 1 heterocycles. The highest BCUT2D eigenvalue weighted by molar-refractivity contribution is 5.32. The first-order valence-corrected chi connectivity index (χ1v) is 5.18. The van der Waals surface area contributed by atoms with Gasteiger partial charge in [-0.05, 0) is 20.8 Å². The molecule has 0 radical (unpaired) electrons. The van der Waals surface area contributed by atoms with E-state index in [4.69, 9.17) is 5.73 Å². The van der Waals surface area contributed by atoms with Gasteiger partial charge in [-0.1, -0.05) is 0 Å². The molecular formula is C10H20N4. The number of nitrogens with two attached hydrogens (primary N) is 1. The Kier molecular flexibility index (Phi) is 3.95. The fraction of sp³-hybridized carbons (Fsp3) is 0.700. The van der Waals surface area contributed by atoms with Crippen LogP contribution in [0.2, 0.25) is 0 Å². The lowest BCUT2D eigenvalue weighted by molar-refractivity contribution is 0.630. The molecule has 0 unspecified atom stereocenters. The molecule has 0 atom stereocenters. The summed E-state index contributed by atoms with van der Waals surface area (Å²) in [6.45, 7) is 8.90. The first-order valence-electron chi connectivity index (χ1n) is 5.18.